The number of nitrogens with two attached hydrogens (primary N) is 1. The highest BCUT2D eigenvalue weighted by Crippen LogP contribution is 2.42. The van der Waals surface area contributed by atoms with Gasteiger partial charge >= 0.3 is 17.9 Å². The predicted octanol–water partition coefficient (Wildman–Crippen LogP) is -0.539. The summed E-state index contributed by atoms with van der Waals surface area (Å²) in [6, 6.07) is 0. The molecule has 7 nitrogen and oxygen atoms in total. The van der Waals surface area contributed by atoms with E-state index >= 15 is 0 Å². The maximum Gasteiger partial charge on any atom is 0.328 e. The van der Waals surface area contributed by atoms with Gasteiger partial charge in [0, 0.05) is 0 Å². The highest BCUT2D eigenvalue weighted by atomic mass is 16.7. The molecule has 4 atom stereocenters. The lowest BCUT2D eigenvalue weighted by molar-refractivity contribution is -0.157. The zero-order valence-corrected chi connectivity index (χ0v) is 8.62. The van der Waals surface area contributed by atoms with Gasteiger partial charge in [-0.25, -0.2) is 0 Å². The normalized spacial score (nSPS) is 33.4. The van der Waals surface area contributed by atoms with E-state index in [9.17, 15) is 14.4 Å². The number of rotatable bonds is 3. The first-order chi connectivity index (χ1) is 7.40. The minimum Gasteiger partial charge on any atom is -0.481 e. The Balaban J connectivity index is 2.97. The summed E-state index contributed by atoms with van der Waals surface area (Å²) in [5, 5.41) is 17.8. The topological polar surface area (TPSA) is 127 Å². The van der Waals surface area contributed by atoms with Crippen molar-refractivity contribution in [2.24, 2.45) is 29.6 Å². The minimum absolute atomic E-state index is 0.0521. The lowest BCUT2D eigenvalue weighted by Crippen LogP contribution is -2.31. The summed E-state index contributed by atoms with van der Waals surface area (Å²) < 4.78 is 0. The first-order valence-electron chi connectivity index (χ1n) is 4.76. The summed E-state index contributed by atoms with van der Waals surface area (Å²) in [7, 11) is 0. The van der Waals surface area contributed by atoms with Gasteiger partial charge in [-0.3, -0.25) is 14.4 Å². The van der Waals surface area contributed by atoms with Crippen LogP contribution in [0.2, 0.25) is 0 Å². The molecule has 0 aromatic heterocycles. The molecule has 1 saturated carbocycles. The maximum atomic E-state index is 11.2. The molecular weight excluding hydrogens is 218 g/mol. The predicted molar refractivity (Wildman–Crippen MR) is 49.8 cm³/mol. The average molecular weight is 231 g/mol. The van der Waals surface area contributed by atoms with Crippen LogP contribution in [-0.4, -0.2) is 28.1 Å². The fourth-order valence-electron chi connectivity index (χ4n) is 2.30. The third kappa shape index (κ3) is 1.99. The largest absolute Gasteiger partial charge is 0.481 e. The van der Waals surface area contributed by atoms with Crippen molar-refractivity contribution in [2.75, 3.05) is 0 Å². The van der Waals surface area contributed by atoms with E-state index in [4.69, 9.17) is 16.1 Å². The average Bonchev–Trinajstić information content (AvgIpc) is 2.54. The molecule has 1 rings (SSSR count). The first kappa shape index (κ1) is 12.4. The molecule has 1 fully saturated rings. The van der Waals surface area contributed by atoms with Gasteiger partial charge in [-0.05, 0) is 12.3 Å². The SMILES string of the molecule is CC1C(C(=O)O)CC(C(=O)ON)C1C(=O)O. The molecule has 0 radical (unpaired) electrons. The lowest BCUT2D eigenvalue weighted by Gasteiger charge is -2.16. The molecule has 0 saturated heterocycles. The molecule has 16 heavy (non-hydrogen) atoms. The number of carboxylic acid groups (broad SMARTS) is 2. The Hall–Kier alpha value is -1.63. The zero-order chi connectivity index (χ0) is 12.5. The number of carboxylic acids is 2. The Kier molecular flexibility index (Phi) is 3.48. The summed E-state index contributed by atoms with van der Waals surface area (Å²) in [5.41, 5.74) is 0. The van der Waals surface area contributed by atoms with E-state index in [0.29, 0.717) is 0 Å². The fourth-order valence-corrected chi connectivity index (χ4v) is 2.30. The molecule has 0 aliphatic heterocycles. The first-order valence-corrected chi connectivity index (χ1v) is 4.76. The van der Waals surface area contributed by atoms with Crippen molar-refractivity contribution in [3.05, 3.63) is 0 Å². The summed E-state index contributed by atoms with van der Waals surface area (Å²) in [6.07, 6.45) is -0.0521. The van der Waals surface area contributed by atoms with Crippen LogP contribution in [0.5, 0.6) is 0 Å². The van der Waals surface area contributed by atoms with Gasteiger partial charge in [-0.1, -0.05) is 6.92 Å². The van der Waals surface area contributed by atoms with Crippen LogP contribution in [0.3, 0.4) is 0 Å². The van der Waals surface area contributed by atoms with Gasteiger partial charge in [0.25, 0.3) is 0 Å². The van der Waals surface area contributed by atoms with Crippen LogP contribution in [0.1, 0.15) is 13.3 Å². The molecule has 0 spiro atoms. The molecule has 0 bridgehead atoms. The van der Waals surface area contributed by atoms with Crippen LogP contribution in [0.25, 0.3) is 0 Å². The van der Waals surface area contributed by atoms with Gasteiger partial charge in [-0.2, -0.15) is 5.90 Å². The molecule has 7 heteroatoms. The van der Waals surface area contributed by atoms with Crippen LogP contribution in [0.15, 0.2) is 0 Å². The van der Waals surface area contributed by atoms with Crippen LogP contribution in [0.4, 0.5) is 0 Å². The van der Waals surface area contributed by atoms with E-state index in [1.807, 2.05) is 0 Å². The molecule has 1 aliphatic rings. The Morgan fingerprint density at radius 1 is 1.19 bits per heavy atom. The molecule has 0 aromatic carbocycles. The van der Waals surface area contributed by atoms with Crippen molar-refractivity contribution in [1.82, 2.24) is 0 Å². The van der Waals surface area contributed by atoms with E-state index in [-0.39, 0.29) is 6.42 Å². The van der Waals surface area contributed by atoms with Crippen molar-refractivity contribution in [1.29, 1.82) is 0 Å². The number of carbonyl (C=O) groups excluding carboxylic acids is 1. The van der Waals surface area contributed by atoms with Gasteiger partial charge in [0.05, 0.1) is 17.8 Å². The van der Waals surface area contributed by atoms with Crippen molar-refractivity contribution in [3.8, 4) is 0 Å². The monoisotopic (exact) mass is 231 g/mol. The molecule has 1 aliphatic carbocycles. The quantitative estimate of drug-likeness (QED) is 0.556. The van der Waals surface area contributed by atoms with Gasteiger partial charge in [0.15, 0.2) is 0 Å². The second-order valence-corrected chi connectivity index (χ2v) is 3.95. The molecule has 90 valence electrons. The summed E-state index contributed by atoms with van der Waals surface area (Å²) in [6.45, 7) is 1.50. The molecule has 0 heterocycles. The Morgan fingerprint density at radius 3 is 2.12 bits per heavy atom. The summed E-state index contributed by atoms with van der Waals surface area (Å²) in [4.78, 5) is 37.1. The van der Waals surface area contributed by atoms with Gasteiger partial charge in [0.2, 0.25) is 0 Å². The number of aliphatic carboxylic acids is 2. The molecular formula is C9H13NO6. The van der Waals surface area contributed by atoms with E-state index in [0.717, 1.165) is 0 Å². The van der Waals surface area contributed by atoms with Crippen LogP contribution in [0, 0.1) is 23.7 Å². The Labute approximate surface area is 91.1 Å². The number of hydrogen-bond acceptors (Lipinski definition) is 5. The Morgan fingerprint density at radius 2 is 1.75 bits per heavy atom. The minimum atomic E-state index is -1.20. The smallest absolute Gasteiger partial charge is 0.328 e. The molecule has 0 aromatic rings. The maximum absolute atomic E-state index is 11.2. The lowest BCUT2D eigenvalue weighted by atomic mass is 9.88. The van der Waals surface area contributed by atoms with Gasteiger partial charge in [-0.15, -0.1) is 0 Å². The molecule has 4 N–H and O–H groups in total. The number of hydrogen-bond donors (Lipinski definition) is 3. The third-order valence-corrected chi connectivity index (χ3v) is 3.16. The summed E-state index contributed by atoms with van der Waals surface area (Å²) >= 11 is 0. The van der Waals surface area contributed by atoms with Gasteiger partial charge in [0.1, 0.15) is 0 Å². The van der Waals surface area contributed by atoms with E-state index < -0.39 is 41.6 Å². The second kappa shape index (κ2) is 4.48. The van der Waals surface area contributed by atoms with Crippen molar-refractivity contribution in [3.63, 3.8) is 0 Å². The molecule has 4 unspecified atom stereocenters. The van der Waals surface area contributed by atoms with Crippen LogP contribution >= 0.6 is 0 Å². The van der Waals surface area contributed by atoms with E-state index in [2.05, 4.69) is 4.84 Å². The number of carbonyl (C=O) groups is 3. The van der Waals surface area contributed by atoms with Crippen LogP contribution in [-0.2, 0) is 19.2 Å². The standard InChI is InChI=1S/C9H13NO6/c1-3-4(7(11)12)2-5(9(15)16-10)6(3)8(13)14/h3-6H,2,10H2,1H3,(H,11,12)(H,13,14). The van der Waals surface area contributed by atoms with Crippen molar-refractivity contribution >= 4 is 17.9 Å². The van der Waals surface area contributed by atoms with Crippen molar-refractivity contribution < 1.29 is 29.4 Å². The van der Waals surface area contributed by atoms with E-state index in [1.54, 1.807) is 0 Å². The van der Waals surface area contributed by atoms with Crippen molar-refractivity contribution in [2.45, 2.75) is 13.3 Å². The summed E-state index contributed by atoms with van der Waals surface area (Å²) in [5.74, 6) is -2.02. The third-order valence-electron chi connectivity index (χ3n) is 3.16. The highest BCUT2D eigenvalue weighted by Gasteiger charge is 2.51. The van der Waals surface area contributed by atoms with Gasteiger partial charge < -0.3 is 15.1 Å². The van der Waals surface area contributed by atoms with Crippen LogP contribution < -0.4 is 5.90 Å². The Bertz CT molecular complexity index is 328. The van der Waals surface area contributed by atoms with E-state index in [1.165, 1.54) is 6.92 Å². The second-order valence-electron chi connectivity index (χ2n) is 3.95. The highest BCUT2D eigenvalue weighted by molar-refractivity contribution is 5.84. The fraction of sp³-hybridized carbons (Fsp3) is 0.667. The zero-order valence-electron chi connectivity index (χ0n) is 8.62. The molecule has 0 amide bonds.